The fourth-order valence-corrected chi connectivity index (χ4v) is 3.65. The first-order valence-corrected chi connectivity index (χ1v) is 10.7. The van der Waals surface area contributed by atoms with Crippen molar-refractivity contribution < 1.29 is 29.3 Å². The van der Waals surface area contributed by atoms with Gasteiger partial charge in [-0.3, -0.25) is 14.5 Å². The summed E-state index contributed by atoms with van der Waals surface area (Å²) in [5.41, 5.74) is 2.97. The van der Waals surface area contributed by atoms with Gasteiger partial charge in [-0.1, -0.05) is 24.3 Å². The second kappa shape index (κ2) is 11.7. The summed E-state index contributed by atoms with van der Waals surface area (Å²) < 4.78 is 5.20. The van der Waals surface area contributed by atoms with E-state index in [0.29, 0.717) is 16.9 Å². The average Bonchev–Trinajstić information content (AvgIpc) is 2.82. The number of methoxy groups -OCH3 is 1. The quantitative estimate of drug-likeness (QED) is 0.379. The van der Waals surface area contributed by atoms with Crippen LogP contribution in [0.5, 0.6) is 5.75 Å². The van der Waals surface area contributed by atoms with Gasteiger partial charge in [-0.05, 0) is 41.8 Å². The van der Waals surface area contributed by atoms with Gasteiger partial charge in [0.25, 0.3) is 5.91 Å². The summed E-state index contributed by atoms with van der Waals surface area (Å²) in [6, 6.07) is 12.2. The lowest BCUT2D eigenvalue weighted by Gasteiger charge is -2.21. The van der Waals surface area contributed by atoms with Gasteiger partial charge >= 0.3 is 11.9 Å². The maximum atomic E-state index is 12.9. The van der Waals surface area contributed by atoms with Crippen LogP contribution < -0.4 is 10.1 Å². The maximum Gasteiger partial charge on any atom is 0.335 e. The standard InChI is InChI=1S/C25H26N4O6/c1-16-8-18(6-7-21(16)25(33)34)12-29(14-22(30)31)13-19-11-26-15-28-23(19)24(32)27-10-17-4-3-5-20(9-17)35-2/h3-9,11,15H,10,12-14H2,1-2H3,(H,27,32)(H,30,31)(H,33,34). The summed E-state index contributed by atoms with van der Waals surface area (Å²) in [6.07, 6.45) is 2.75. The van der Waals surface area contributed by atoms with Crippen molar-refractivity contribution in [3.8, 4) is 5.75 Å². The summed E-state index contributed by atoms with van der Waals surface area (Å²) >= 11 is 0. The Hall–Kier alpha value is -4.31. The largest absolute Gasteiger partial charge is 0.497 e. The van der Waals surface area contributed by atoms with Crippen LogP contribution in [0.3, 0.4) is 0 Å². The summed E-state index contributed by atoms with van der Waals surface area (Å²) in [5, 5.41) is 21.5. The Kier molecular flexibility index (Phi) is 8.47. The lowest BCUT2D eigenvalue weighted by Crippen LogP contribution is -2.31. The molecule has 1 amide bonds. The van der Waals surface area contributed by atoms with Crippen molar-refractivity contribution in [1.82, 2.24) is 20.2 Å². The molecular weight excluding hydrogens is 452 g/mol. The number of carbonyl (C=O) groups is 3. The number of aliphatic carboxylic acids is 1. The van der Waals surface area contributed by atoms with E-state index in [0.717, 1.165) is 11.1 Å². The minimum Gasteiger partial charge on any atom is -0.497 e. The molecule has 0 aliphatic heterocycles. The summed E-state index contributed by atoms with van der Waals surface area (Å²) in [6.45, 7) is 1.99. The van der Waals surface area contributed by atoms with E-state index in [2.05, 4.69) is 15.3 Å². The molecule has 0 aliphatic carbocycles. The number of carboxylic acid groups (broad SMARTS) is 2. The smallest absolute Gasteiger partial charge is 0.335 e. The Morgan fingerprint density at radius 2 is 1.86 bits per heavy atom. The number of hydrogen-bond donors (Lipinski definition) is 3. The van der Waals surface area contributed by atoms with E-state index in [-0.39, 0.29) is 37.4 Å². The van der Waals surface area contributed by atoms with Crippen LogP contribution in [0, 0.1) is 6.92 Å². The first-order chi connectivity index (χ1) is 16.8. The third-order valence-corrected chi connectivity index (χ3v) is 5.27. The van der Waals surface area contributed by atoms with Crippen molar-refractivity contribution in [3.05, 3.63) is 88.5 Å². The van der Waals surface area contributed by atoms with Crippen molar-refractivity contribution in [3.63, 3.8) is 0 Å². The van der Waals surface area contributed by atoms with Gasteiger partial charge in [-0.15, -0.1) is 0 Å². The third-order valence-electron chi connectivity index (χ3n) is 5.27. The SMILES string of the molecule is COc1cccc(CNC(=O)c2ncncc2CN(CC(=O)O)Cc2ccc(C(=O)O)c(C)c2)c1. The first-order valence-electron chi connectivity index (χ1n) is 10.7. The molecular formula is C25H26N4O6. The van der Waals surface area contributed by atoms with Gasteiger partial charge in [0.15, 0.2) is 0 Å². The number of amides is 1. The molecule has 0 atom stereocenters. The molecule has 0 unspecified atom stereocenters. The van der Waals surface area contributed by atoms with E-state index in [9.17, 15) is 24.6 Å². The Labute approximate surface area is 202 Å². The molecule has 0 bridgehead atoms. The molecule has 0 radical (unpaired) electrons. The van der Waals surface area contributed by atoms with E-state index in [1.807, 2.05) is 24.3 Å². The zero-order valence-electron chi connectivity index (χ0n) is 19.4. The first kappa shape index (κ1) is 25.3. The Morgan fingerprint density at radius 3 is 2.54 bits per heavy atom. The highest BCUT2D eigenvalue weighted by Crippen LogP contribution is 2.16. The molecule has 2 aromatic carbocycles. The normalized spacial score (nSPS) is 10.7. The number of rotatable bonds is 11. The Bertz CT molecular complexity index is 1230. The molecule has 1 aromatic heterocycles. The third kappa shape index (κ3) is 7.08. The van der Waals surface area contributed by atoms with Crippen LogP contribution in [0.2, 0.25) is 0 Å². The van der Waals surface area contributed by atoms with Gasteiger partial charge in [-0.25, -0.2) is 14.8 Å². The van der Waals surface area contributed by atoms with Crippen LogP contribution in [-0.2, 0) is 24.4 Å². The molecule has 182 valence electrons. The molecule has 3 aromatic rings. The number of carboxylic acids is 2. The number of aryl methyl sites for hydroxylation is 1. The predicted octanol–water partition coefficient (Wildman–Crippen LogP) is 2.51. The second-order valence-corrected chi connectivity index (χ2v) is 7.92. The fourth-order valence-electron chi connectivity index (χ4n) is 3.65. The molecule has 0 spiro atoms. The van der Waals surface area contributed by atoms with Crippen molar-refractivity contribution in [1.29, 1.82) is 0 Å². The molecule has 3 N–H and O–H groups in total. The lowest BCUT2D eigenvalue weighted by molar-refractivity contribution is -0.138. The Balaban J connectivity index is 1.76. The van der Waals surface area contributed by atoms with Crippen molar-refractivity contribution in [2.75, 3.05) is 13.7 Å². The van der Waals surface area contributed by atoms with Crippen LogP contribution >= 0.6 is 0 Å². The summed E-state index contributed by atoms with van der Waals surface area (Å²) in [7, 11) is 1.57. The zero-order valence-corrected chi connectivity index (χ0v) is 19.4. The van der Waals surface area contributed by atoms with Gasteiger partial charge < -0.3 is 20.3 Å². The molecule has 10 heteroatoms. The van der Waals surface area contributed by atoms with E-state index < -0.39 is 17.8 Å². The van der Waals surface area contributed by atoms with E-state index in [1.165, 1.54) is 18.6 Å². The topological polar surface area (TPSA) is 142 Å². The minimum atomic E-state index is -1.04. The highest BCUT2D eigenvalue weighted by molar-refractivity contribution is 5.93. The van der Waals surface area contributed by atoms with Crippen molar-refractivity contribution >= 4 is 17.8 Å². The van der Waals surface area contributed by atoms with E-state index >= 15 is 0 Å². The van der Waals surface area contributed by atoms with Crippen LogP contribution in [0.25, 0.3) is 0 Å². The zero-order chi connectivity index (χ0) is 25.4. The number of benzene rings is 2. The number of carbonyl (C=O) groups excluding carboxylic acids is 1. The number of nitrogens with zero attached hydrogens (tertiary/aromatic N) is 3. The molecule has 0 fully saturated rings. The molecule has 0 saturated heterocycles. The predicted molar refractivity (Wildman–Crippen MR) is 126 cm³/mol. The monoisotopic (exact) mass is 478 g/mol. The highest BCUT2D eigenvalue weighted by Gasteiger charge is 2.19. The van der Waals surface area contributed by atoms with Gasteiger partial charge in [0.1, 0.15) is 17.8 Å². The van der Waals surface area contributed by atoms with Gasteiger partial charge in [0, 0.05) is 31.4 Å². The van der Waals surface area contributed by atoms with Crippen molar-refractivity contribution in [2.24, 2.45) is 0 Å². The van der Waals surface area contributed by atoms with Gasteiger partial charge in [-0.2, -0.15) is 0 Å². The number of ether oxygens (including phenoxy) is 1. The molecule has 10 nitrogen and oxygen atoms in total. The fraction of sp³-hybridized carbons (Fsp3) is 0.240. The average molecular weight is 479 g/mol. The van der Waals surface area contributed by atoms with Crippen LogP contribution in [0.1, 0.15) is 43.1 Å². The molecule has 3 rings (SSSR count). The number of aromatic nitrogens is 2. The van der Waals surface area contributed by atoms with Crippen LogP contribution in [0.4, 0.5) is 0 Å². The van der Waals surface area contributed by atoms with Crippen LogP contribution in [0.15, 0.2) is 55.0 Å². The maximum absolute atomic E-state index is 12.9. The second-order valence-electron chi connectivity index (χ2n) is 7.92. The number of nitrogens with one attached hydrogen (secondary N) is 1. The molecule has 0 aliphatic rings. The summed E-state index contributed by atoms with van der Waals surface area (Å²) in [5.74, 6) is -1.80. The van der Waals surface area contributed by atoms with E-state index in [1.54, 1.807) is 31.1 Å². The van der Waals surface area contributed by atoms with Gasteiger partial charge in [0.05, 0.1) is 19.2 Å². The highest BCUT2D eigenvalue weighted by atomic mass is 16.5. The Morgan fingerprint density at radius 1 is 1.06 bits per heavy atom. The summed E-state index contributed by atoms with van der Waals surface area (Å²) in [4.78, 5) is 45.4. The van der Waals surface area contributed by atoms with Crippen molar-refractivity contribution in [2.45, 2.75) is 26.6 Å². The molecule has 1 heterocycles. The molecule has 35 heavy (non-hydrogen) atoms. The number of hydrogen-bond acceptors (Lipinski definition) is 7. The minimum absolute atomic E-state index is 0.106. The lowest BCUT2D eigenvalue weighted by atomic mass is 10.0. The van der Waals surface area contributed by atoms with Gasteiger partial charge in [0.2, 0.25) is 0 Å². The molecule has 0 saturated carbocycles. The van der Waals surface area contributed by atoms with E-state index in [4.69, 9.17) is 4.74 Å². The number of aromatic carboxylic acids is 1. The van der Waals surface area contributed by atoms with Crippen LogP contribution in [-0.4, -0.2) is 56.6 Å².